The van der Waals surface area contributed by atoms with Crippen LogP contribution in [0.25, 0.3) is 11.8 Å². The van der Waals surface area contributed by atoms with Gasteiger partial charge in [-0.25, -0.2) is 9.79 Å². The number of rotatable bonds is 7. The van der Waals surface area contributed by atoms with Crippen molar-refractivity contribution in [3.63, 3.8) is 0 Å². The van der Waals surface area contributed by atoms with Crippen molar-refractivity contribution >= 4 is 29.1 Å². The molecule has 0 radical (unpaired) electrons. The molecule has 9 heteroatoms. The van der Waals surface area contributed by atoms with Gasteiger partial charge in [0.05, 0.1) is 43.2 Å². The Morgan fingerprint density at radius 2 is 1.59 bits per heavy atom. The number of aromatic nitrogens is 1. The summed E-state index contributed by atoms with van der Waals surface area (Å²) < 4.78 is 24.2. The molecule has 1 aromatic heterocycles. The van der Waals surface area contributed by atoms with Crippen LogP contribution in [0.3, 0.4) is 0 Å². The summed E-state index contributed by atoms with van der Waals surface area (Å²) in [6, 6.07) is 27.6. The molecule has 8 nitrogen and oxygen atoms in total. The monoisotopic (exact) mass is 630 g/mol. The molecule has 5 aromatic rings. The van der Waals surface area contributed by atoms with Crippen molar-refractivity contribution in [2.45, 2.75) is 18.9 Å². The molecule has 2 aliphatic rings. The van der Waals surface area contributed by atoms with Crippen LogP contribution >= 0.6 is 11.3 Å². The molecule has 2 heterocycles. The summed E-state index contributed by atoms with van der Waals surface area (Å²) in [6.07, 6.45) is 3.50. The van der Waals surface area contributed by atoms with E-state index in [1.54, 1.807) is 62.3 Å². The normalized spacial score (nSPS) is 15.3. The van der Waals surface area contributed by atoms with Crippen LogP contribution < -0.4 is 33.8 Å². The van der Waals surface area contributed by atoms with Crippen LogP contribution in [-0.2, 0) is 6.42 Å². The molecular formula is C37H30N2O6S. The van der Waals surface area contributed by atoms with E-state index in [1.165, 1.54) is 16.9 Å². The number of carbonyl (C=O) groups excluding carboxylic acids is 1. The molecule has 230 valence electrons. The molecule has 0 spiro atoms. The number of benzene rings is 4. The van der Waals surface area contributed by atoms with Gasteiger partial charge in [0, 0.05) is 5.56 Å². The van der Waals surface area contributed by atoms with Crippen molar-refractivity contribution in [1.29, 1.82) is 0 Å². The van der Waals surface area contributed by atoms with E-state index in [0.29, 0.717) is 37.9 Å². The fourth-order valence-corrected chi connectivity index (χ4v) is 7.02. The summed E-state index contributed by atoms with van der Waals surface area (Å²) in [6.45, 7) is 0. The largest absolute Gasteiger partial charge is 0.497 e. The van der Waals surface area contributed by atoms with Gasteiger partial charge in [-0.2, -0.15) is 0 Å². The Bertz CT molecular complexity index is 2180. The number of hydrogen-bond acceptors (Lipinski definition) is 8. The first-order valence-electron chi connectivity index (χ1n) is 14.8. The zero-order valence-electron chi connectivity index (χ0n) is 25.5. The zero-order chi connectivity index (χ0) is 31.8. The van der Waals surface area contributed by atoms with Crippen molar-refractivity contribution in [3.8, 4) is 23.0 Å². The van der Waals surface area contributed by atoms with Gasteiger partial charge in [-0.05, 0) is 89.7 Å². The molecule has 7 rings (SSSR count). The molecule has 0 fully saturated rings. The lowest BCUT2D eigenvalue weighted by Gasteiger charge is -2.31. The number of allylic oxidation sites excluding steroid dienone is 1. The smallest absolute Gasteiger partial charge is 0.343 e. The molecule has 0 N–H and O–H groups in total. The van der Waals surface area contributed by atoms with Gasteiger partial charge in [-0.1, -0.05) is 53.8 Å². The van der Waals surface area contributed by atoms with Crippen LogP contribution in [-0.4, -0.2) is 31.9 Å². The minimum Gasteiger partial charge on any atom is -0.497 e. The summed E-state index contributed by atoms with van der Waals surface area (Å²) in [7, 11) is 4.79. The number of ether oxygens (including phenoxy) is 4. The van der Waals surface area contributed by atoms with E-state index in [0.717, 1.165) is 40.8 Å². The topological polar surface area (TPSA) is 88.4 Å². The van der Waals surface area contributed by atoms with Crippen LogP contribution in [0.1, 0.15) is 45.1 Å². The van der Waals surface area contributed by atoms with Gasteiger partial charge in [0.25, 0.3) is 5.56 Å². The van der Waals surface area contributed by atoms with Gasteiger partial charge in [-0.3, -0.25) is 9.36 Å². The first-order valence-corrected chi connectivity index (χ1v) is 15.6. The number of thiazole rings is 1. The highest BCUT2D eigenvalue weighted by molar-refractivity contribution is 7.07. The molecule has 1 atom stereocenters. The Kier molecular flexibility index (Phi) is 7.76. The molecule has 1 aliphatic heterocycles. The highest BCUT2D eigenvalue weighted by atomic mass is 32.1. The second kappa shape index (κ2) is 12.2. The van der Waals surface area contributed by atoms with Gasteiger partial charge in [-0.15, -0.1) is 0 Å². The molecule has 4 aromatic carbocycles. The lowest BCUT2D eigenvalue weighted by Crippen LogP contribution is -2.38. The summed E-state index contributed by atoms with van der Waals surface area (Å²) in [5, 5.41) is 0. The van der Waals surface area contributed by atoms with E-state index < -0.39 is 5.97 Å². The standard InChI is InChI=1S/C37H30N2O6S/c1-42-26-16-10-24(11-17-26)36(41)45-27-14-8-22(9-15-27)20-32-35(40)39-34(25-13-19-30(43-2)31(21-25)44-3)29-18-12-23-6-4-5-7-28(23)33(29)38-37(39)46-32/h4-11,13-17,19-21,34H,12,18H2,1-3H3/b32-20-/t34-/m1/s1. The fourth-order valence-electron chi connectivity index (χ4n) is 6.02. The first-order chi connectivity index (χ1) is 22.5. The highest BCUT2D eigenvalue weighted by Crippen LogP contribution is 2.42. The highest BCUT2D eigenvalue weighted by Gasteiger charge is 2.33. The summed E-state index contributed by atoms with van der Waals surface area (Å²) in [5.74, 6) is 1.82. The Hall–Kier alpha value is -5.41. The third-order valence-electron chi connectivity index (χ3n) is 8.31. The molecule has 0 saturated heterocycles. The molecular weight excluding hydrogens is 600 g/mol. The third-order valence-corrected chi connectivity index (χ3v) is 9.29. The van der Waals surface area contributed by atoms with Crippen molar-refractivity contribution < 1.29 is 23.7 Å². The molecule has 0 saturated carbocycles. The predicted molar refractivity (Wildman–Crippen MR) is 177 cm³/mol. The fraction of sp³-hybridized carbons (Fsp3) is 0.162. The minimum absolute atomic E-state index is 0.121. The quantitative estimate of drug-likeness (QED) is 0.173. The van der Waals surface area contributed by atoms with Crippen LogP contribution in [0.15, 0.2) is 106 Å². The lowest BCUT2D eigenvalue weighted by atomic mass is 9.83. The van der Waals surface area contributed by atoms with Crippen LogP contribution in [0, 0.1) is 0 Å². The Morgan fingerprint density at radius 3 is 2.33 bits per heavy atom. The average Bonchev–Trinajstić information content (AvgIpc) is 3.41. The summed E-state index contributed by atoms with van der Waals surface area (Å²) in [4.78, 5) is 32.5. The van der Waals surface area contributed by atoms with Gasteiger partial charge in [0.2, 0.25) is 0 Å². The SMILES string of the molecule is COc1ccc(C(=O)Oc2ccc(/C=c3\sc4n(c3=O)[C@H](c3ccc(OC)c(OC)c3)C3=C(N=4)c4ccccc4CC3)cc2)cc1. The van der Waals surface area contributed by atoms with E-state index in [2.05, 4.69) is 18.2 Å². The Balaban J connectivity index is 1.27. The number of fused-ring (bicyclic) bond motifs is 3. The van der Waals surface area contributed by atoms with E-state index in [9.17, 15) is 9.59 Å². The third kappa shape index (κ3) is 5.28. The molecule has 0 bridgehead atoms. The van der Waals surface area contributed by atoms with E-state index in [4.69, 9.17) is 23.9 Å². The van der Waals surface area contributed by atoms with Gasteiger partial charge < -0.3 is 18.9 Å². The maximum Gasteiger partial charge on any atom is 0.343 e. The number of aryl methyl sites for hydroxylation is 1. The molecule has 0 unspecified atom stereocenters. The maximum absolute atomic E-state index is 14.1. The first kappa shape index (κ1) is 29.3. The number of esters is 1. The minimum atomic E-state index is -0.468. The van der Waals surface area contributed by atoms with Crippen LogP contribution in [0.4, 0.5) is 0 Å². The number of nitrogens with zero attached hydrogens (tertiary/aromatic N) is 2. The van der Waals surface area contributed by atoms with Crippen molar-refractivity contribution in [1.82, 2.24) is 4.57 Å². The van der Waals surface area contributed by atoms with Crippen molar-refractivity contribution in [2.75, 3.05) is 21.3 Å². The van der Waals surface area contributed by atoms with E-state index >= 15 is 0 Å². The number of carbonyl (C=O) groups is 1. The Labute approximate surface area is 269 Å². The average molecular weight is 631 g/mol. The zero-order valence-corrected chi connectivity index (χ0v) is 26.3. The van der Waals surface area contributed by atoms with Gasteiger partial charge in [0.15, 0.2) is 16.3 Å². The van der Waals surface area contributed by atoms with Crippen molar-refractivity contribution in [2.24, 2.45) is 4.99 Å². The summed E-state index contributed by atoms with van der Waals surface area (Å²) in [5.41, 5.74) is 6.41. The number of hydrogen-bond donors (Lipinski definition) is 0. The molecule has 0 amide bonds. The predicted octanol–water partition coefficient (Wildman–Crippen LogP) is 5.56. The molecule has 1 aliphatic carbocycles. The second-order valence-corrected chi connectivity index (χ2v) is 11.9. The van der Waals surface area contributed by atoms with Crippen LogP contribution in [0.2, 0.25) is 0 Å². The lowest BCUT2D eigenvalue weighted by molar-refractivity contribution is 0.0734. The molecule has 46 heavy (non-hydrogen) atoms. The second-order valence-electron chi connectivity index (χ2n) is 10.9. The maximum atomic E-state index is 14.1. The Morgan fingerprint density at radius 1 is 0.848 bits per heavy atom. The van der Waals surface area contributed by atoms with Gasteiger partial charge >= 0.3 is 5.97 Å². The van der Waals surface area contributed by atoms with E-state index in [1.807, 2.05) is 42.5 Å². The van der Waals surface area contributed by atoms with Gasteiger partial charge in [0.1, 0.15) is 11.5 Å². The summed E-state index contributed by atoms with van der Waals surface area (Å²) >= 11 is 1.36. The number of methoxy groups -OCH3 is 3. The van der Waals surface area contributed by atoms with E-state index in [-0.39, 0.29) is 11.6 Å². The van der Waals surface area contributed by atoms with Crippen LogP contribution in [0.5, 0.6) is 23.0 Å². The van der Waals surface area contributed by atoms with Crippen molar-refractivity contribution in [3.05, 3.63) is 144 Å².